The van der Waals surface area contributed by atoms with Crippen molar-refractivity contribution in [2.75, 3.05) is 75.9 Å². The second-order valence-corrected chi connectivity index (χ2v) is 11.4. The van der Waals surface area contributed by atoms with Crippen molar-refractivity contribution in [1.82, 2.24) is 19.8 Å². The monoisotopic (exact) mass is 574 g/mol. The van der Waals surface area contributed by atoms with Gasteiger partial charge in [0.05, 0.1) is 18.3 Å². The van der Waals surface area contributed by atoms with Crippen LogP contribution < -0.4 is 14.5 Å². The maximum atomic E-state index is 10.5. The van der Waals surface area contributed by atoms with Gasteiger partial charge in [-0.05, 0) is 36.8 Å². The van der Waals surface area contributed by atoms with Crippen LogP contribution in [-0.2, 0) is 17.7 Å². The van der Waals surface area contributed by atoms with E-state index in [4.69, 9.17) is 19.4 Å². The first-order valence-electron chi connectivity index (χ1n) is 15.1. The van der Waals surface area contributed by atoms with E-state index in [1.807, 2.05) is 35.2 Å². The fraction of sp³-hybridized carbons (Fsp3) is 0.500. The smallest absolute Gasteiger partial charge is 0.318 e. The third kappa shape index (κ3) is 6.17. The van der Waals surface area contributed by atoms with Crippen molar-refractivity contribution >= 4 is 22.3 Å². The van der Waals surface area contributed by atoms with Crippen LogP contribution in [0.1, 0.15) is 24.1 Å². The van der Waals surface area contributed by atoms with Crippen LogP contribution in [0.4, 0.5) is 11.5 Å². The fourth-order valence-corrected chi connectivity index (χ4v) is 6.44. The minimum Gasteiger partial charge on any atom is -0.508 e. The van der Waals surface area contributed by atoms with Gasteiger partial charge in [-0.3, -0.25) is 9.80 Å². The number of likely N-dealkylation sites (tertiary alicyclic amines) is 1. The first-order chi connectivity index (χ1) is 20.5. The summed E-state index contributed by atoms with van der Waals surface area (Å²) in [6.45, 7) is 11.5. The Kier molecular flexibility index (Phi) is 8.76. The van der Waals surface area contributed by atoms with Crippen LogP contribution in [0, 0.1) is 0 Å². The van der Waals surface area contributed by atoms with E-state index in [2.05, 4.69) is 27.3 Å². The number of aliphatic hydroxyl groups is 1. The van der Waals surface area contributed by atoms with Gasteiger partial charge in [0.25, 0.3) is 0 Å². The Bertz CT molecular complexity index is 1390. The van der Waals surface area contributed by atoms with Gasteiger partial charge in [0.2, 0.25) is 0 Å². The highest BCUT2D eigenvalue weighted by molar-refractivity contribution is 5.95. The zero-order valence-electron chi connectivity index (χ0n) is 24.5. The van der Waals surface area contributed by atoms with Crippen LogP contribution in [0.15, 0.2) is 49.1 Å². The van der Waals surface area contributed by atoms with Gasteiger partial charge in [0.15, 0.2) is 0 Å². The number of hydrogen-bond acceptors (Lipinski definition) is 10. The predicted octanol–water partition coefficient (Wildman–Crippen LogP) is 3.01. The summed E-state index contributed by atoms with van der Waals surface area (Å²) >= 11 is 0. The van der Waals surface area contributed by atoms with E-state index in [1.165, 1.54) is 0 Å². The molecule has 3 aliphatic heterocycles. The Labute approximate surface area is 247 Å². The van der Waals surface area contributed by atoms with Crippen molar-refractivity contribution in [1.29, 1.82) is 0 Å². The quantitative estimate of drug-likeness (QED) is 0.371. The second-order valence-electron chi connectivity index (χ2n) is 11.4. The van der Waals surface area contributed by atoms with E-state index in [9.17, 15) is 10.2 Å². The summed E-state index contributed by atoms with van der Waals surface area (Å²) in [7, 11) is 1.79. The summed E-state index contributed by atoms with van der Waals surface area (Å²) in [5, 5.41) is 22.9. The zero-order chi connectivity index (χ0) is 29.1. The molecule has 2 saturated heterocycles. The summed E-state index contributed by atoms with van der Waals surface area (Å²) in [6.07, 6.45) is 4.17. The van der Waals surface area contributed by atoms with Gasteiger partial charge < -0.3 is 29.5 Å². The molecule has 10 nitrogen and oxygen atoms in total. The first kappa shape index (κ1) is 28.7. The largest absolute Gasteiger partial charge is 0.508 e. The molecule has 3 aromatic rings. The van der Waals surface area contributed by atoms with Crippen LogP contribution in [-0.4, -0.2) is 108 Å². The van der Waals surface area contributed by atoms with Crippen molar-refractivity contribution in [3.63, 3.8) is 0 Å². The lowest BCUT2D eigenvalue weighted by Gasteiger charge is -2.39. The normalized spacial score (nSPS) is 19.6. The highest BCUT2D eigenvalue weighted by Gasteiger charge is 2.29. The number of ether oxygens (including phenoxy) is 2. The molecule has 0 radical (unpaired) electrons. The summed E-state index contributed by atoms with van der Waals surface area (Å²) in [5.74, 6) is 1.19. The predicted molar refractivity (Wildman–Crippen MR) is 164 cm³/mol. The maximum Gasteiger partial charge on any atom is 0.318 e. The van der Waals surface area contributed by atoms with Crippen LogP contribution in [0.3, 0.4) is 0 Å². The average molecular weight is 575 g/mol. The number of methoxy groups -OCH3 is 1. The van der Waals surface area contributed by atoms with Crippen LogP contribution >= 0.6 is 0 Å². The van der Waals surface area contributed by atoms with E-state index < -0.39 is 6.23 Å². The van der Waals surface area contributed by atoms with E-state index in [-0.39, 0.29) is 5.75 Å². The highest BCUT2D eigenvalue weighted by atomic mass is 16.5. The number of aromatic nitrogens is 2. The number of nitrogens with zero attached hydrogens (tertiary/aromatic N) is 6. The molecule has 0 bridgehead atoms. The Balaban J connectivity index is 1.24. The molecule has 224 valence electrons. The summed E-state index contributed by atoms with van der Waals surface area (Å²) < 4.78 is 11.7. The number of rotatable bonds is 9. The van der Waals surface area contributed by atoms with Crippen LogP contribution in [0.5, 0.6) is 11.8 Å². The average Bonchev–Trinajstić information content (AvgIpc) is 3.03. The molecule has 0 aliphatic carbocycles. The first-order valence-corrected chi connectivity index (χ1v) is 15.1. The molecule has 3 aliphatic rings. The van der Waals surface area contributed by atoms with E-state index in [0.717, 1.165) is 105 Å². The molecule has 1 unspecified atom stereocenters. The van der Waals surface area contributed by atoms with Crippen molar-refractivity contribution in [2.24, 2.45) is 0 Å². The number of phenolic OH excluding ortho intramolecular Hbond substituents is 1. The lowest BCUT2D eigenvalue weighted by Crippen LogP contribution is -2.50. The van der Waals surface area contributed by atoms with Gasteiger partial charge in [0.1, 0.15) is 24.4 Å². The number of hydrogen-bond donors (Lipinski definition) is 2. The van der Waals surface area contributed by atoms with Crippen molar-refractivity contribution < 1.29 is 19.7 Å². The number of piperidine rings is 1. The zero-order valence-corrected chi connectivity index (χ0v) is 24.5. The lowest BCUT2D eigenvalue weighted by molar-refractivity contribution is 0.0370. The van der Waals surface area contributed by atoms with Gasteiger partial charge in [-0.25, -0.2) is 0 Å². The number of benzene rings is 2. The lowest BCUT2D eigenvalue weighted by atomic mass is 10.0. The molecule has 0 spiro atoms. The molecule has 10 heteroatoms. The van der Waals surface area contributed by atoms with Gasteiger partial charge in [-0.15, -0.1) is 0 Å². The minimum atomic E-state index is -0.634. The standard InChI is InChI=1S/C32H42N6O4/c1-3-30(40)36-14-16-37(17-15-36)31-27-10-13-38(29-21-24(39)20-23-6-4-5-7-26(23)29)22-28(27)33-32(34-31)42-19-18-35-11-8-25(41-2)9-12-35/h3-7,20-21,25,30,39-40H,1,8-19,22H2,2H3. The summed E-state index contributed by atoms with van der Waals surface area (Å²) in [6, 6.07) is 12.2. The van der Waals surface area contributed by atoms with Gasteiger partial charge in [0, 0.05) is 82.2 Å². The molecule has 0 saturated carbocycles. The third-order valence-electron chi connectivity index (χ3n) is 8.89. The van der Waals surface area contributed by atoms with Crippen molar-refractivity contribution in [2.45, 2.75) is 38.1 Å². The number of piperazine rings is 1. The number of fused-ring (bicyclic) bond motifs is 2. The maximum absolute atomic E-state index is 10.5. The third-order valence-corrected chi connectivity index (χ3v) is 8.89. The summed E-state index contributed by atoms with van der Waals surface area (Å²) in [4.78, 5) is 18.9. The highest BCUT2D eigenvalue weighted by Crippen LogP contribution is 2.36. The number of phenols is 1. The number of aliphatic hydroxyl groups excluding tert-OH is 1. The molecule has 1 aromatic heterocycles. The summed E-state index contributed by atoms with van der Waals surface area (Å²) in [5.41, 5.74) is 3.12. The SMILES string of the molecule is C=CC(O)N1CCN(c2nc(OCCN3CCC(OC)CC3)nc3c2CCN(c2cc(O)cc4ccccc24)C3)CC1. The van der Waals surface area contributed by atoms with Gasteiger partial charge in [-0.2, -0.15) is 9.97 Å². The molecule has 0 amide bonds. The number of anilines is 2. The molecule has 4 heterocycles. The van der Waals surface area contributed by atoms with Crippen molar-refractivity contribution in [3.8, 4) is 11.8 Å². The Morgan fingerprint density at radius 2 is 1.81 bits per heavy atom. The molecule has 2 fully saturated rings. The number of aromatic hydroxyl groups is 1. The molecule has 42 heavy (non-hydrogen) atoms. The second kappa shape index (κ2) is 12.8. The molecular weight excluding hydrogens is 532 g/mol. The van der Waals surface area contributed by atoms with Gasteiger partial charge >= 0.3 is 6.01 Å². The van der Waals surface area contributed by atoms with Crippen LogP contribution in [0.2, 0.25) is 0 Å². The Hall–Kier alpha value is -3.44. The minimum absolute atomic E-state index is 0.260. The molecule has 2 aromatic carbocycles. The van der Waals surface area contributed by atoms with Crippen molar-refractivity contribution in [3.05, 3.63) is 60.3 Å². The van der Waals surface area contributed by atoms with Crippen LogP contribution in [0.25, 0.3) is 10.8 Å². The molecule has 6 rings (SSSR count). The molecule has 2 N–H and O–H groups in total. The van der Waals surface area contributed by atoms with E-state index >= 15 is 0 Å². The van der Waals surface area contributed by atoms with Gasteiger partial charge in [-0.1, -0.05) is 30.8 Å². The Morgan fingerprint density at radius 1 is 1.02 bits per heavy atom. The van der Waals surface area contributed by atoms with E-state index in [0.29, 0.717) is 25.3 Å². The fourth-order valence-electron chi connectivity index (χ4n) is 6.44. The molecular formula is C32H42N6O4. The molecule has 1 atom stereocenters. The Morgan fingerprint density at radius 3 is 2.57 bits per heavy atom. The van der Waals surface area contributed by atoms with E-state index in [1.54, 1.807) is 13.2 Å². The topological polar surface area (TPSA) is 97.7 Å².